The lowest BCUT2D eigenvalue weighted by atomic mass is 9.68. The lowest BCUT2D eigenvalue weighted by Gasteiger charge is -2.44. The lowest BCUT2D eigenvalue weighted by Crippen LogP contribution is -2.44. The van der Waals surface area contributed by atoms with E-state index in [0.717, 1.165) is 48.2 Å². The summed E-state index contributed by atoms with van der Waals surface area (Å²) >= 11 is 6.31. The van der Waals surface area contributed by atoms with Crippen LogP contribution in [0, 0.1) is 11.3 Å². The number of H-pyrrole nitrogens is 1. The molecule has 0 radical (unpaired) electrons. The molecule has 29 heavy (non-hydrogen) atoms. The van der Waals surface area contributed by atoms with Crippen LogP contribution in [0.4, 0.5) is 0 Å². The van der Waals surface area contributed by atoms with Crippen LogP contribution < -0.4 is 5.32 Å². The van der Waals surface area contributed by atoms with Gasteiger partial charge in [0, 0.05) is 35.1 Å². The van der Waals surface area contributed by atoms with Gasteiger partial charge in [0.05, 0.1) is 23.6 Å². The molecule has 1 aromatic heterocycles. The minimum absolute atomic E-state index is 0.269. The Morgan fingerprint density at radius 2 is 1.97 bits per heavy atom. The minimum atomic E-state index is -0.611. The summed E-state index contributed by atoms with van der Waals surface area (Å²) in [5.74, 6) is 1.49. The van der Waals surface area contributed by atoms with Crippen LogP contribution in [0.2, 0.25) is 5.02 Å². The van der Waals surface area contributed by atoms with E-state index in [1.165, 1.54) is 25.7 Å². The largest absolute Gasteiger partial charge is 0.388 e. The van der Waals surface area contributed by atoms with Crippen molar-refractivity contribution in [2.45, 2.75) is 64.5 Å². The van der Waals surface area contributed by atoms with E-state index >= 15 is 0 Å². The van der Waals surface area contributed by atoms with Crippen molar-refractivity contribution in [3.05, 3.63) is 41.3 Å². The summed E-state index contributed by atoms with van der Waals surface area (Å²) in [6, 6.07) is 4.35. The van der Waals surface area contributed by atoms with Crippen LogP contribution in [0.1, 0.15) is 64.0 Å². The molecule has 5 nitrogen and oxygen atoms in total. The van der Waals surface area contributed by atoms with E-state index in [-0.39, 0.29) is 5.41 Å². The molecule has 2 aliphatic rings. The van der Waals surface area contributed by atoms with E-state index in [0.29, 0.717) is 17.0 Å². The van der Waals surface area contributed by atoms with Crippen molar-refractivity contribution in [1.29, 1.82) is 0 Å². The quantitative estimate of drug-likeness (QED) is 0.620. The molecule has 1 unspecified atom stereocenters. The Morgan fingerprint density at radius 1 is 1.28 bits per heavy atom. The number of fused-ring (bicyclic) bond motifs is 1. The second-order valence-electron chi connectivity index (χ2n) is 9.39. The van der Waals surface area contributed by atoms with Gasteiger partial charge >= 0.3 is 0 Å². The van der Waals surface area contributed by atoms with Gasteiger partial charge in [-0.25, -0.2) is 0 Å². The van der Waals surface area contributed by atoms with Crippen molar-refractivity contribution in [2.24, 2.45) is 11.3 Å². The third-order valence-electron chi connectivity index (χ3n) is 7.20. The van der Waals surface area contributed by atoms with Crippen molar-refractivity contribution >= 4 is 22.5 Å². The van der Waals surface area contributed by atoms with Gasteiger partial charge in [0.15, 0.2) is 0 Å². The summed E-state index contributed by atoms with van der Waals surface area (Å²) in [5.41, 5.74) is 1.45. The highest BCUT2D eigenvalue weighted by Crippen LogP contribution is 2.46. The molecule has 1 saturated heterocycles. The smallest absolute Gasteiger partial charge is 0.0940 e. The molecule has 2 heterocycles. The number of halogens is 1. The number of likely N-dealkylation sites (tertiary alicyclic amines) is 1. The fourth-order valence-electron chi connectivity index (χ4n) is 5.18. The van der Waals surface area contributed by atoms with Gasteiger partial charge in [-0.3, -0.25) is 5.10 Å². The van der Waals surface area contributed by atoms with Gasteiger partial charge in [0.2, 0.25) is 0 Å². The number of hydrogen-bond acceptors (Lipinski definition) is 4. The number of benzene rings is 1. The summed E-state index contributed by atoms with van der Waals surface area (Å²) in [7, 11) is 0. The molecule has 1 aromatic carbocycles. The van der Waals surface area contributed by atoms with Crippen molar-refractivity contribution in [3.63, 3.8) is 0 Å². The first-order valence-corrected chi connectivity index (χ1v) is 11.2. The molecule has 2 fully saturated rings. The Kier molecular flexibility index (Phi) is 5.80. The van der Waals surface area contributed by atoms with Gasteiger partial charge in [-0.1, -0.05) is 44.9 Å². The number of piperidine rings is 1. The topological polar surface area (TPSA) is 64.2 Å². The number of aromatic amines is 1. The van der Waals surface area contributed by atoms with Crippen LogP contribution >= 0.6 is 11.6 Å². The van der Waals surface area contributed by atoms with Gasteiger partial charge in [-0.2, -0.15) is 5.10 Å². The maximum atomic E-state index is 11.4. The highest BCUT2D eigenvalue weighted by molar-refractivity contribution is 6.31. The van der Waals surface area contributed by atoms with Crippen molar-refractivity contribution in [2.75, 3.05) is 13.1 Å². The molecule has 1 aliphatic carbocycles. The Balaban J connectivity index is 1.42. The Morgan fingerprint density at radius 3 is 2.66 bits per heavy atom. The van der Waals surface area contributed by atoms with E-state index in [9.17, 15) is 5.11 Å². The number of rotatable bonds is 6. The highest BCUT2D eigenvalue weighted by atomic mass is 35.5. The maximum Gasteiger partial charge on any atom is 0.0940 e. The predicted octanol–water partition coefficient (Wildman–Crippen LogP) is 4.99. The zero-order valence-electron chi connectivity index (χ0n) is 17.5. The number of nitrogens with one attached hydrogen (secondary N) is 2. The van der Waals surface area contributed by atoms with E-state index < -0.39 is 6.10 Å². The van der Waals surface area contributed by atoms with Gasteiger partial charge in [0.1, 0.15) is 0 Å². The summed E-state index contributed by atoms with van der Waals surface area (Å²) in [6.07, 6.45) is 8.40. The van der Waals surface area contributed by atoms with Crippen LogP contribution in [0.5, 0.6) is 0 Å². The third-order valence-corrected chi connectivity index (χ3v) is 7.42. The summed E-state index contributed by atoms with van der Waals surface area (Å²) in [5, 5.41) is 23.7. The minimum Gasteiger partial charge on any atom is -0.388 e. The number of aromatic nitrogens is 2. The molecule has 3 N–H and O–H groups in total. The predicted molar refractivity (Wildman–Crippen MR) is 119 cm³/mol. The molecule has 1 saturated carbocycles. The molecule has 4 rings (SSSR count). The second kappa shape index (κ2) is 8.19. The van der Waals surface area contributed by atoms with Crippen molar-refractivity contribution < 1.29 is 5.11 Å². The molecular formula is C23H33ClN4O. The maximum absolute atomic E-state index is 11.4. The van der Waals surface area contributed by atoms with Crippen LogP contribution in [0.15, 0.2) is 30.7 Å². The normalized spacial score (nSPS) is 20.3. The van der Waals surface area contributed by atoms with E-state index in [1.54, 1.807) is 6.20 Å². The lowest BCUT2D eigenvalue weighted by molar-refractivity contribution is -0.0157. The van der Waals surface area contributed by atoms with Crippen molar-refractivity contribution in [1.82, 2.24) is 20.4 Å². The Labute approximate surface area is 178 Å². The summed E-state index contributed by atoms with van der Waals surface area (Å²) in [6.45, 7) is 10.6. The second-order valence-corrected chi connectivity index (χ2v) is 9.82. The number of nitrogens with zero attached hydrogens (tertiary/aromatic N) is 2. The molecule has 1 atom stereocenters. The fraction of sp³-hybridized carbons (Fsp3) is 0.609. The highest BCUT2D eigenvalue weighted by Gasteiger charge is 2.40. The number of aliphatic hydroxyl groups excluding tert-OH is 1. The van der Waals surface area contributed by atoms with Crippen LogP contribution in [-0.4, -0.2) is 39.3 Å². The fourth-order valence-corrected chi connectivity index (χ4v) is 5.41. The van der Waals surface area contributed by atoms with Gasteiger partial charge in [-0.15, -0.1) is 0 Å². The molecule has 158 valence electrons. The van der Waals surface area contributed by atoms with E-state index in [4.69, 9.17) is 11.6 Å². The molecule has 6 heteroatoms. The Bertz CT molecular complexity index is 863. The molecule has 0 bridgehead atoms. The zero-order chi connectivity index (χ0) is 20.6. The first-order valence-electron chi connectivity index (χ1n) is 10.9. The molecule has 1 aliphatic heterocycles. The monoisotopic (exact) mass is 416 g/mol. The Hall–Kier alpha value is -1.72. The summed E-state index contributed by atoms with van der Waals surface area (Å²) < 4.78 is 0. The summed E-state index contributed by atoms with van der Waals surface area (Å²) in [4.78, 5) is 2.38. The average molecular weight is 417 g/mol. The SMILES string of the molecule is C=C(NC1CCCC1)N1CCC(C(C)(C)C(O)c2cc(Cl)cc3cn[nH]c23)CC1. The first-order chi connectivity index (χ1) is 13.9. The first kappa shape index (κ1) is 20.5. The standard InChI is InChI=1S/C23H33ClN4O/c1-15(26-19-6-4-5-7-19)28-10-8-17(9-11-28)23(2,3)22(29)20-13-18(24)12-16-14-25-27-21(16)20/h12-14,17,19,22,26,29H,1,4-11H2,2-3H3,(H,25,27). The van der Waals surface area contributed by atoms with Crippen LogP contribution in [-0.2, 0) is 0 Å². The van der Waals surface area contributed by atoms with E-state index in [2.05, 4.69) is 40.8 Å². The number of hydrogen-bond donors (Lipinski definition) is 3. The average Bonchev–Trinajstić information content (AvgIpc) is 3.38. The molecule has 2 aromatic rings. The molecule has 0 spiro atoms. The third kappa shape index (κ3) is 4.13. The number of aliphatic hydroxyl groups is 1. The van der Waals surface area contributed by atoms with Gasteiger partial charge in [0.25, 0.3) is 0 Å². The zero-order valence-corrected chi connectivity index (χ0v) is 18.3. The van der Waals surface area contributed by atoms with Gasteiger partial charge < -0.3 is 15.3 Å². The van der Waals surface area contributed by atoms with Crippen LogP contribution in [0.25, 0.3) is 10.9 Å². The van der Waals surface area contributed by atoms with Gasteiger partial charge in [-0.05, 0) is 49.1 Å². The van der Waals surface area contributed by atoms with E-state index in [1.807, 2.05) is 12.1 Å². The van der Waals surface area contributed by atoms with Crippen molar-refractivity contribution in [3.8, 4) is 0 Å². The molecule has 0 amide bonds. The van der Waals surface area contributed by atoms with Crippen LogP contribution in [0.3, 0.4) is 0 Å². The molecular weight excluding hydrogens is 384 g/mol.